The standard InChI is InChI=1S/C22H27ClN2O2/c1-18(26)25(27-17-20-9-5-6-10-22(20)23)21-12-15-24(16-13-21)14-11-19-7-3-2-4-8-19/h2-10,21H,11-17H2,1H3. The van der Waals surface area contributed by atoms with E-state index in [4.69, 9.17) is 16.4 Å². The molecule has 0 atom stereocenters. The summed E-state index contributed by atoms with van der Waals surface area (Å²) in [4.78, 5) is 20.4. The van der Waals surface area contributed by atoms with Crippen LogP contribution in [0.15, 0.2) is 54.6 Å². The lowest BCUT2D eigenvalue weighted by atomic mass is 10.0. The lowest BCUT2D eigenvalue weighted by molar-refractivity contribution is -0.208. The second-order valence-electron chi connectivity index (χ2n) is 7.02. The van der Waals surface area contributed by atoms with Crippen LogP contribution in [0.25, 0.3) is 0 Å². The summed E-state index contributed by atoms with van der Waals surface area (Å²) in [5.41, 5.74) is 2.26. The van der Waals surface area contributed by atoms with Crippen molar-refractivity contribution in [1.29, 1.82) is 0 Å². The largest absolute Gasteiger partial charge is 0.303 e. The Morgan fingerprint density at radius 3 is 2.44 bits per heavy atom. The zero-order valence-corrected chi connectivity index (χ0v) is 16.6. The van der Waals surface area contributed by atoms with Gasteiger partial charge in [0.05, 0.1) is 6.04 Å². The van der Waals surface area contributed by atoms with E-state index >= 15 is 0 Å². The van der Waals surface area contributed by atoms with Gasteiger partial charge in [0.25, 0.3) is 0 Å². The van der Waals surface area contributed by atoms with E-state index in [2.05, 4.69) is 29.2 Å². The van der Waals surface area contributed by atoms with Crippen LogP contribution in [0.2, 0.25) is 5.02 Å². The monoisotopic (exact) mass is 386 g/mol. The van der Waals surface area contributed by atoms with Gasteiger partial charge in [0.15, 0.2) is 0 Å². The number of hydroxylamine groups is 2. The highest BCUT2D eigenvalue weighted by Crippen LogP contribution is 2.21. The number of carbonyl (C=O) groups is 1. The summed E-state index contributed by atoms with van der Waals surface area (Å²) in [5, 5.41) is 2.22. The molecule has 4 nitrogen and oxygen atoms in total. The fourth-order valence-electron chi connectivity index (χ4n) is 3.52. The molecule has 2 aromatic rings. The maximum absolute atomic E-state index is 12.1. The Morgan fingerprint density at radius 2 is 1.78 bits per heavy atom. The zero-order valence-electron chi connectivity index (χ0n) is 15.8. The Balaban J connectivity index is 1.48. The lowest BCUT2D eigenvalue weighted by Crippen LogP contribution is -2.47. The van der Waals surface area contributed by atoms with Gasteiger partial charge in [-0.25, -0.2) is 5.06 Å². The summed E-state index contributed by atoms with van der Waals surface area (Å²) in [6.07, 6.45) is 2.92. The molecule has 0 aliphatic carbocycles. The average molecular weight is 387 g/mol. The van der Waals surface area contributed by atoms with Crippen molar-refractivity contribution in [2.75, 3.05) is 19.6 Å². The minimum atomic E-state index is -0.0511. The Hall–Kier alpha value is -1.88. The first-order valence-electron chi connectivity index (χ1n) is 9.56. The molecule has 0 N–H and O–H groups in total. The van der Waals surface area contributed by atoms with Crippen molar-refractivity contribution in [2.45, 2.75) is 38.8 Å². The summed E-state index contributed by atoms with van der Waals surface area (Å²) in [6.45, 7) is 4.90. The zero-order chi connectivity index (χ0) is 19.1. The van der Waals surface area contributed by atoms with Crippen molar-refractivity contribution < 1.29 is 9.63 Å². The Bertz CT molecular complexity index is 730. The first-order chi connectivity index (χ1) is 13.1. The van der Waals surface area contributed by atoms with E-state index in [1.807, 2.05) is 30.3 Å². The van der Waals surface area contributed by atoms with E-state index in [1.165, 1.54) is 5.56 Å². The molecular formula is C22H27ClN2O2. The molecule has 0 radical (unpaired) electrons. The van der Waals surface area contributed by atoms with Crippen molar-refractivity contribution in [1.82, 2.24) is 9.96 Å². The van der Waals surface area contributed by atoms with Gasteiger partial charge in [-0.1, -0.05) is 60.1 Å². The molecule has 0 saturated carbocycles. The first-order valence-corrected chi connectivity index (χ1v) is 9.93. The number of nitrogens with zero attached hydrogens (tertiary/aromatic N) is 2. The number of hydrogen-bond donors (Lipinski definition) is 0. The predicted octanol–water partition coefficient (Wildman–Crippen LogP) is 4.33. The van der Waals surface area contributed by atoms with Gasteiger partial charge in [-0.3, -0.25) is 9.63 Å². The number of halogens is 1. The van der Waals surface area contributed by atoms with E-state index in [0.29, 0.717) is 11.6 Å². The van der Waals surface area contributed by atoms with Crippen molar-refractivity contribution in [2.24, 2.45) is 0 Å². The van der Waals surface area contributed by atoms with Crippen molar-refractivity contribution in [3.05, 3.63) is 70.7 Å². The van der Waals surface area contributed by atoms with Gasteiger partial charge >= 0.3 is 0 Å². The van der Waals surface area contributed by atoms with Gasteiger partial charge in [0.1, 0.15) is 6.61 Å². The number of benzene rings is 2. The van der Waals surface area contributed by atoms with E-state index in [1.54, 1.807) is 12.0 Å². The van der Waals surface area contributed by atoms with Crippen LogP contribution in [-0.4, -0.2) is 41.5 Å². The molecule has 1 amide bonds. The minimum absolute atomic E-state index is 0.0511. The first kappa shape index (κ1) is 19.9. The highest BCUT2D eigenvalue weighted by molar-refractivity contribution is 6.31. The molecule has 5 heteroatoms. The summed E-state index contributed by atoms with van der Waals surface area (Å²) >= 11 is 6.19. The van der Waals surface area contributed by atoms with Gasteiger partial charge in [0.2, 0.25) is 5.91 Å². The van der Waals surface area contributed by atoms with Crippen LogP contribution in [0.5, 0.6) is 0 Å². The summed E-state index contributed by atoms with van der Waals surface area (Å²) in [7, 11) is 0. The molecule has 1 heterocycles. The maximum Gasteiger partial charge on any atom is 0.243 e. The number of piperidine rings is 1. The van der Waals surface area contributed by atoms with Gasteiger partial charge in [-0.15, -0.1) is 0 Å². The topological polar surface area (TPSA) is 32.8 Å². The molecule has 1 saturated heterocycles. The number of amides is 1. The Kier molecular flexibility index (Phi) is 7.27. The SMILES string of the molecule is CC(=O)N(OCc1ccccc1Cl)C1CCN(CCc2ccccc2)CC1. The molecule has 144 valence electrons. The molecular weight excluding hydrogens is 360 g/mol. The van der Waals surface area contributed by atoms with Gasteiger partial charge < -0.3 is 4.90 Å². The van der Waals surface area contributed by atoms with Crippen LogP contribution >= 0.6 is 11.6 Å². The maximum atomic E-state index is 12.1. The molecule has 0 bridgehead atoms. The molecule has 1 fully saturated rings. The molecule has 3 rings (SSSR count). The van der Waals surface area contributed by atoms with E-state index in [-0.39, 0.29) is 11.9 Å². The third kappa shape index (κ3) is 5.80. The number of carbonyl (C=O) groups excluding carboxylic acids is 1. The summed E-state index contributed by atoms with van der Waals surface area (Å²) in [5.74, 6) is -0.0511. The van der Waals surface area contributed by atoms with Crippen LogP contribution in [0.3, 0.4) is 0 Å². The highest BCUT2D eigenvalue weighted by atomic mass is 35.5. The van der Waals surface area contributed by atoms with Gasteiger partial charge in [-0.2, -0.15) is 0 Å². The fourth-order valence-corrected chi connectivity index (χ4v) is 3.71. The number of rotatable bonds is 7. The van der Waals surface area contributed by atoms with E-state index < -0.39 is 0 Å². The second-order valence-corrected chi connectivity index (χ2v) is 7.43. The van der Waals surface area contributed by atoms with Crippen LogP contribution in [-0.2, 0) is 22.7 Å². The molecule has 0 spiro atoms. The predicted molar refractivity (Wildman–Crippen MR) is 108 cm³/mol. The van der Waals surface area contributed by atoms with Crippen molar-refractivity contribution in [3.8, 4) is 0 Å². The lowest BCUT2D eigenvalue weighted by Gasteiger charge is -2.37. The molecule has 1 aliphatic heterocycles. The third-order valence-corrected chi connectivity index (χ3v) is 5.44. The highest BCUT2D eigenvalue weighted by Gasteiger charge is 2.27. The second kappa shape index (κ2) is 9.88. The molecule has 0 aromatic heterocycles. The normalized spacial score (nSPS) is 15.6. The van der Waals surface area contributed by atoms with Crippen LogP contribution in [0, 0.1) is 0 Å². The number of likely N-dealkylation sites (tertiary alicyclic amines) is 1. The summed E-state index contributed by atoms with van der Waals surface area (Å²) < 4.78 is 0. The molecule has 27 heavy (non-hydrogen) atoms. The van der Waals surface area contributed by atoms with E-state index in [9.17, 15) is 4.79 Å². The molecule has 0 unspecified atom stereocenters. The number of hydrogen-bond acceptors (Lipinski definition) is 3. The molecule has 2 aromatic carbocycles. The fraction of sp³-hybridized carbons (Fsp3) is 0.409. The quantitative estimate of drug-likeness (QED) is 0.664. The van der Waals surface area contributed by atoms with Crippen LogP contribution < -0.4 is 0 Å². The van der Waals surface area contributed by atoms with Crippen molar-refractivity contribution in [3.63, 3.8) is 0 Å². The molecule has 1 aliphatic rings. The summed E-state index contributed by atoms with van der Waals surface area (Å²) in [6, 6.07) is 18.3. The van der Waals surface area contributed by atoms with Crippen LogP contribution in [0.4, 0.5) is 0 Å². The van der Waals surface area contributed by atoms with Gasteiger partial charge in [0, 0.05) is 31.6 Å². The third-order valence-electron chi connectivity index (χ3n) is 5.08. The van der Waals surface area contributed by atoms with Crippen molar-refractivity contribution >= 4 is 17.5 Å². The average Bonchev–Trinajstić information content (AvgIpc) is 2.69. The smallest absolute Gasteiger partial charge is 0.243 e. The van der Waals surface area contributed by atoms with E-state index in [0.717, 1.165) is 44.5 Å². The Morgan fingerprint density at radius 1 is 1.11 bits per heavy atom. The minimum Gasteiger partial charge on any atom is -0.303 e. The Labute approximate surface area is 166 Å². The van der Waals surface area contributed by atoms with Gasteiger partial charge in [-0.05, 0) is 36.5 Å². The van der Waals surface area contributed by atoms with Crippen LogP contribution in [0.1, 0.15) is 30.9 Å².